The van der Waals surface area contributed by atoms with E-state index in [-0.39, 0.29) is 12.1 Å². The standard InChI is InChI=1S/C24H23N5OS2/c25-8-9-29-21(16-28-12-10-27(11-13-28)15-19-7-4-14-31-19)26-23-22(24(29)30)20(17-32-23)18-5-2-1-3-6-18/h1-7,14,17H,9-13,15-16H2. The smallest absolute Gasteiger partial charge is 0.263 e. The van der Waals surface area contributed by atoms with Gasteiger partial charge in [0.1, 0.15) is 17.2 Å². The van der Waals surface area contributed by atoms with Gasteiger partial charge in [0.25, 0.3) is 5.56 Å². The molecule has 0 atom stereocenters. The first-order valence-electron chi connectivity index (χ1n) is 10.6. The maximum absolute atomic E-state index is 13.4. The number of hydrogen-bond donors (Lipinski definition) is 0. The quantitative estimate of drug-likeness (QED) is 0.434. The fourth-order valence-corrected chi connectivity index (χ4v) is 5.88. The Morgan fingerprint density at radius 2 is 1.72 bits per heavy atom. The Bertz CT molecular complexity index is 1300. The number of benzene rings is 1. The molecule has 4 aromatic rings. The van der Waals surface area contributed by atoms with E-state index in [0.29, 0.717) is 17.8 Å². The monoisotopic (exact) mass is 461 g/mol. The molecule has 5 rings (SSSR count). The third-order valence-corrected chi connectivity index (χ3v) is 7.61. The highest BCUT2D eigenvalue weighted by molar-refractivity contribution is 7.17. The summed E-state index contributed by atoms with van der Waals surface area (Å²) in [5.74, 6) is 0.678. The zero-order valence-electron chi connectivity index (χ0n) is 17.6. The molecule has 0 unspecified atom stereocenters. The van der Waals surface area contributed by atoms with E-state index in [1.54, 1.807) is 15.9 Å². The second-order valence-electron chi connectivity index (χ2n) is 7.90. The van der Waals surface area contributed by atoms with Crippen LogP contribution in [0.5, 0.6) is 0 Å². The molecule has 0 spiro atoms. The molecule has 0 amide bonds. The molecule has 0 saturated carbocycles. The molecule has 0 aliphatic carbocycles. The summed E-state index contributed by atoms with van der Waals surface area (Å²) in [5, 5.41) is 14.1. The van der Waals surface area contributed by atoms with Crippen molar-refractivity contribution in [3.63, 3.8) is 0 Å². The Balaban J connectivity index is 1.39. The normalized spacial score (nSPS) is 15.2. The zero-order chi connectivity index (χ0) is 21.9. The van der Waals surface area contributed by atoms with Crippen LogP contribution in [0.25, 0.3) is 21.3 Å². The van der Waals surface area contributed by atoms with E-state index in [2.05, 4.69) is 33.4 Å². The van der Waals surface area contributed by atoms with E-state index < -0.39 is 0 Å². The molecule has 1 aliphatic heterocycles. The fourth-order valence-electron chi connectivity index (χ4n) is 4.18. The van der Waals surface area contributed by atoms with Crippen LogP contribution in [0.15, 0.2) is 58.0 Å². The summed E-state index contributed by atoms with van der Waals surface area (Å²) in [6.45, 7) is 5.40. The predicted octanol–water partition coefficient (Wildman–Crippen LogP) is 4.03. The first-order valence-corrected chi connectivity index (χ1v) is 12.4. The third-order valence-electron chi connectivity index (χ3n) is 5.88. The van der Waals surface area contributed by atoms with Crippen LogP contribution in [0.2, 0.25) is 0 Å². The van der Waals surface area contributed by atoms with E-state index in [4.69, 9.17) is 4.98 Å². The molecule has 162 valence electrons. The lowest BCUT2D eigenvalue weighted by Crippen LogP contribution is -2.46. The lowest BCUT2D eigenvalue weighted by molar-refractivity contribution is 0.119. The third kappa shape index (κ3) is 4.25. The zero-order valence-corrected chi connectivity index (χ0v) is 19.2. The van der Waals surface area contributed by atoms with Gasteiger partial charge in [0, 0.05) is 48.5 Å². The van der Waals surface area contributed by atoms with E-state index in [1.807, 2.05) is 35.7 Å². The molecule has 1 aromatic carbocycles. The molecular weight excluding hydrogens is 438 g/mol. The number of nitrogens with zero attached hydrogens (tertiary/aromatic N) is 5. The molecule has 1 aliphatic rings. The van der Waals surface area contributed by atoms with Gasteiger partial charge in [-0.15, -0.1) is 22.7 Å². The summed E-state index contributed by atoms with van der Waals surface area (Å²) in [7, 11) is 0. The van der Waals surface area contributed by atoms with Gasteiger partial charge in [0.15, 0.2) is 0 Å². The van der Waals surface area contributed by atoms with E-state index in [1.165, 1.54) is 16.2 Å². The van der Waals surface area contributed by atoms with Crippen molar-refractivity contribution >= 4 is 32.9 Å². The fraction of sp³-hybridized carbons (Fsp3) is 0.292. The van der Waals surface area contributed by atoms with Gasteiger partial charge in [-0.2, -0.15) is 5.26 Å². The number of thiophene rings is 2. The van der Waals surface area contributed by atoms with Crippen molar-refractivity contribution in [1.29, 1.82) is 5.26 Å². The van der Waals surface area contributed by atoms with Crippen molar-refractivity contribution in [2.45, 2.75) is 19.6 Å². The van der Waals surface area contributed by atoms with Crippen LogP contribution in [-0.4, -0.2) is 45.5 Å². The van der Waals surface area contributed by atoms with Crippen LogP contribution in [0.1, 0.15) is 10.7 Å². The predicted molar refractivity (Wildman–Crippen MR) is 130 cm³/mol. The Morgan fingerprint density at radius 1 is 0.969 bits per heavy atom. The summed E-state index contributed by atoms with van der Waals surface area (Å²) in [4.78, 5) is 25.2. The van der Waals surface area contributed by atoms with Crippen molar-refractivity contribution in [1.82, 2.24) is 19.4 Å². The average Bonchev–Trinajstić information content (AvgIpc) is 3.48. The van der Waals surface area contributed by atoms with Gasteiger partial charge in [-0.3, -0.25) is 19.2 Å². The van der Waals surface area contributed by atoms with Crippen LogP contribution in [0.3, 0.4) is 0 Å². The molecule has 0 radical (unpaired) electrons. The van der Waals surface area contributed by atoms with Gasteiger partial charge in [-0.05, 0) is 17.0 Å². The second kappa shape index (κ2) is 9.35. The minimum absolute atomic E-state index is 0.0134. The Kier molecular flexibility index (Phi) is 6.14. The number of rotatable bonds is 6. The van der Waals surface area contributed by atoms with Crippen molar-refractivity contribution in [3.8, 4) is 17.2 Å². The number of hydrogen-bond acceptors (Lipinski definition) is 7. The summed E-state index contributed by atoms with van der Waals surface area (Å²) in [5.41, 5.74) is 1.77. The summed E-state index contributed by atoms with van der Waals surface area (Å²) >= 11 is 3.29. The van der Waals surface area contributed by atoms with Gasteiger partial charge < -0.3 is 0 Å². The molecule has 1 saturated heterocycles. The van der Waals surface area contributed by atoms with Crippen LogP contribution >= 0.6 is 22.7 Å². The maximum Gasteiger partial charge on any atom is 0.263 e. The molecular formula is C24H23N5OS2. The SMILES string of the molecule is N#CCn1c(CN2CCN(Cc3cccs3)CC2)nc2scc(-c3ccccc3)c2c1=O. The van der Waals surface area contributed by atoms with E-state index in [9.17, 15) is 10.1 Å². The number of aromatic nitrogens is 2. The molecule has 3 aromatic heterocycles. The molecule has 0 bridgehead atoms. The summed E-state index contributed by atoms with van der Waals surface area (Å²) < 4.78 is 1.56. The average molecular weight is 462 g/mol. The maximum atomic E-state index is 13.4. The Labute approximate surface area is 194 Å². The van der Waals surface area contributed by atoms with Crippen molar-refractivity contribution in [2.75, 3.05) is 26.2 Å². The lowest BCUT2D eigenvalue weighted by atomic mass is 10.1. The molecule has 4 heterocycles. The van der Waals surface area contributed by atoms with Gasteiger partial charge >= 0.3 is 0 Å². The lowest BCUT2D eigenvalue weighted by Gasteiger charge is -2.34. The Morgan fingerprint density at radius 3 is 2.41 bits per heavy atom. The van der Waals surface area contributed by atoms with E-state index in [0.717, 1.165) is 48.7 Å². The molecule has 8 heteroatoms. The topological polar surface area (TPSA) is 65.2 Å². The first kappa shape index (κ1) is 21.0. The van der Waals surface area contributed by atoms with Crippen LogP contribution in [0.4, 0.5) is 0 Å². The number of piperazine rings is 1. The highest BCUT2D eigenvalue weighted by Crippen LogP contribution is 2.31. The largest absolute Gasteiger partial charge is 0.296 e. The minimum atomic E-state index is -0.122. The molecule has 1 fully saturated rings. The Hall–Kier alpha value is -2.83. The van der Waals surface area contributed by atoms with Crippen molar-refractivity contribution in [3.05, 3.63) is 74.3 Å². The van der Waals surface area contributed by atoms with Gasteiger partial charge in [0.2, 0.25) is 0 Å². The van der Waals surface area contributed by atoms with Crippen molar-refractivity contribution < 1.29 is 0 Å². The minimum Gasteiger partial charge on any atom is -0.296 e. The van der Waals surface area contributed by atoms with Gasteiger partial charge in [-0.25, -0.2) is 4.98 Å². The van der Waals surface area contributed by atoms with Gasteiger partial charge in [-0.1, -0.05) is 36.4 Å². The highest BCUT2D eigenvalue weighted by atomic mass is 32.1. The molecule has 0 N–H and O–H groups in total. The number of nitriles is 1. The summed E-state index contributed by atoms with van der Waals surface area (Å²) in [6.07, 6.45) is 0. The summed E-state index contributed by atoms with van der Waals surface area (Å²) in [6, 6.07) is 16.3. The van der Waals surface area contributed by atoms with Crippen molar-refractivity contribution in [2.24, 2.45) is 0 Å². The van der Waals surface area contributed by atoms with Crippen LogP contribution in [0, 0.1) is 11.3 Å². The highest BCUT2D eigenvalue weighted by Gasteiger charge is 2.22. The molecule has 6 nitrogen and oxygen atoms in total. The van der Waals surface area contributed by atoms with E-state index >= 15 is 0 Å². The van der Waals surface area contributed by atoms with Crippen LogP contribution < -0.4 is 5.56 Å². The molecule has 32 heavy (non-hydrogen) atoms. The van der Waals surface area contributed by atoms with Crippen LogP contribution in [-0.2, 0) is 19.6 Å². The first-order chi connectivity index (χ1) is 15.7. The number of fused-ring (bicyclic) bond motifs is 1. The van der Waals surface area contributed by atoms with Gasteiger partial charge in [0.05, 0.1) is 18.0 Å². The second-order valence-corrected chi connectivity index (χ2v) is 9.80.